The molecule has 0 aromatic carbocycles. The van der Waals surface area contributed by atoms with Gasteiger partial charge in [0.25, 0.3) is 5.91 Å². The fraction of sp³-hybridized carbons (Fsp3) is 0.571. The molecule has 1 aliphatic rings. The van der Waals surface area contributed by atoms with E-state index in [0.29, 0.717) is 24.5 Å². The van der Waals surface area contributed by atoms with E-state index in [-0.39, 0.29) is 12.5 Å². The van der Waals surface area contributed by atoms with Crippen LogP contribution in [0.3, 0.4) is 0 Å². The van der Waals surface area contributed by atoms with Gasteiger partial charge in [0.15, 0.2) is 0 Å². The highest BCUT2D eigenvalue weighted by Gasteiger charge is 2.41. The van der Waals surface area contributed by atoms with Crippen LogP contribution in [0.4, 0.5) is 0 Å². The lowest BCUT2D eigenvalue weighted by Gasteiger charge is -2.35. The van der Waals surface area contributed by atoms with Gasteiger partial charge in [-0.25, -0.2) is 0 Å². The fourth-order valence-corrected chi connectivity index (χ4v) is 2.60. The fourth-order valence-electron chi connectivity index (χ4n) is 2.60. The number of hydrogen-bond acceptors (Lipinski definition) is 2. The Morgan fingerprint density at radius 1 is 1.47 bits per heavy atom. The van der Waals surface area contributed by atoms with Crippen LogP contribution in [0, 0.1) is 11.3 Å². The first-order chi connectivity index (χ1) is 9.03. The lowest BCUT2D eigenvalue weighted by atomic mass is 9.71. The molecule has 5 heteroatoms. The molecule has 104 valence electrons. The third kappa shape index (κ3) is 2.97. The molecule has 1 aromatic heterocycles. The number of aromatic amines is 1. The number of H-pyrrole nitrogens is 1. The van der Waals surface area contributed by atoms with E-state index in [2.05, 4.69) is 17.2 Å². The van der Waals surface area contributed by atoms with Crippen molar-refractivity contribution in [3.05, 3.63) is 24.0 Å². The van der Waals surface area contributed by atoms with Crippen molar-refractivity contribution in [2.45, 2.75) is 32.6 Å². The average Bonchev–Trinajstić information content (AvgIpc) is 2.92. The van der Waals surface area contributed by atoms with Crippen molar-refractivity contribution in [1.82, 2.24) is 10.3 Å². The zero-order valence-corrected chi connectivity index (χ0v) is 11.1. The molecule has 1 fully saturated rings. The van der Waals surface area contributed by atoms with Crippen molar-refractivity contribution < 1.29 is 14.7 Å². The predicted octanol–water partition coefficient (Wildman–Crippen LogP) is 2.03. The van der Waals surface area contributed by atoms with Crippen LogP contribution in [-0.4, -0.2) is 28.5 Å². The summed E-state index contributed by atoms with van der Waals surface area (Å²) in [6.45, 7) is 2.34. The zero-order chi connectivity index (χ0) is 13.9. The van der Waals surface area contributed by atoms with Crippen LogP contribution in [0.1, 0.15) is 43.1 Å². The molecular weight excluding hydrogens is 244 g/mol. The maximum atomic E-state index is 11.8. The summed E-state index contributed by atoms with van der Waals surface area (Å²) in [5.74, 6) is -0.470. The average molecular weight is 264 g/mol. The normalized spacial score (nSPS) is 26.9. The molecule has 0 spiro atoms. The summed E-state index contributed by atoms with van der Waals surface area (Å²) in [6.07, 6.45) is 4.75. The molecule has 1 aromatic rings. The highest BCUT2D eigenvalue weighted by molar-refractivity contribution is 5.92. The molecular formula is C14H20N2O3. The van der Waals surface area contributed by atoms with E-state index in [0.717, 1.165) is 12.8 Å². The third-order valence-electron chi connectivity index (χ3n) is 4.11. The van der Waals surface area contributed by atoms with Crippen molar-refractivity contribution >= 4 is 11.9 Å². The maximum absolute atomic E-state index is 11.8. The highest BCUT2D eigenvalue weighted by atomic mass is 16.4. The summed E-state index contributed by atoms with van der Waals surface area (Å²) >= 11 is 0. The van der Waals surface area contributed by atoms with Crippen LogP contribution in [-0.2, 0) is 4.79 Å². The number of nitrogens with one attached hydrogen (secondary N) is 2. The number of carbonyl (C=O) groups excluding carboxylic acids is 1. The summed E-state index contributed by atoms with van der Waals surface area (Å²) in [7, 11) is 0. The highest BCUT2D eigenvalue weighted by Crippen LogP contribution is 2.38. The van der Waals surface area contributed by atoms with Gasteiger partial charge < -0.3 is 15.4 Å². The second-order valence-electron chi connectivity index (χ2n) is 5.53. The van der Waals surface area contributed by atoms with Gasteiger partial charge in [0, 0.05) is 12.7 Å². The van der Waals surface area contributed by atoms with Crippen LogP contribution in [0.25, 0.3) is 0 Å². The largest absolute Gasteiger partial charge is 0.481 e. The Labute approximate surface area is 112 Å². The molecule has 1 saturated carbocycles. The van der Waals surface area contributed by atoms with Crippen molar-refractivity contribution in [2.24, 2.45) is 11.3 Å². The number of hydrogen-bond donors (Lipinski definition) is 3. The lowest BCUT2D eigenvalue weighted by molar-refractivity contribution is -0.151. The van der Waals surface area contributed by atoms with Gasteiger partial charge in [0.1, 0.15) is 5.69 Å². The first-order valence-corrected chi connectivity index (χ1v) is 6.68. The van der Waals surface area contributed by atoms with Crippen LogP contribution in [0.15, 0.2) is 18.3 Å². The molecule has 5 nitrogen and oxygen atoms in total. The number of amides is 1. The van der Waals surface area contributed by atoms with E-state index >= 15 is 0 Å². The Kier molecular flexibility index (Phi) is 3.93. The Bertz CT molecular complexity index is 445. The minimum Gasteiger partial charge on any atom is -0.481 e. The van der Waals surface area contributed by atoms with Gasteiger partial charge >= 0.3 is 5.97 Å². The van der Waals surface area contributed by atoms with Gasteiger partial charge in [0.05, 0.1) is 5.41 Å². The molecule has 1 heterocycles. The molecule has 3 N–H and O–H groups in total. The Morgan fingerprint density at radius 3 is 2.68 bits per heavy atom. The van der Waals surface area contributed by atoms with E-state index in [1.165, 1.54) is 0 Å². The topological polar surface area (TPSA) is 82.2 Å². The van der Waals surface area contributed by atoms with Gasteiger partial charge in [0.2, 0.25) is 0 Å². The summed E-state index contributed by atoms with van der Waals surface area (Å²) in [5.41, 5.74) is -0.334. The Hall–Kier alpha value is -1.78. The smallest absolute Gasteiger partial charge is 0.311 e. The molecule has 2 rings (SSSR count). The molecule has 0 bridgehead atoms. The summed E-state index contributed by atoms with van der Waals surface area (Å²) in [4.78, 5) is 26.2. The van der Waals surface area contributed by atoms with Gasteiger partial charge in [-0.2, -0.15) is 0 Å². The molecule has 0 atom stereocenters. The van der Waals surface area contributed by atoms with Gasteiger partial charge in [-0.3, -0.25) is 9.59 Å². The van der Waals surface area contributed by atoms with Crippen molar-refractivity contribution in [1.29, 1.82) is 0 Å². The first-order valence-electron chi connectivity index (χ1n) is 6.68. The number of rotatable bonds is 4. The van der Waals surface area contributed by atoms with E-state index in [1.54, 1.807) is 18.3 Å². The number of aliphatic carboxylic acids is 1. The van der Waals surface area contributed by atoms with Crippen molar-refractivity contribution in [3.63, 3.8) is 0 Å². The molecule has 19 heavy (non-hydrogen) atoms. The van der Waals surface area contributed by atoms with Crippen LogP contribution in [0.5, 0.6) is 0 Å². The zero-order valence-electron chi connectivity index (χ0n) is 11.1. The second-order valence-corrected chi connectivity index (χ2v) is 5.53. The summed E-state index contributed by atoms with van der Waals surface area (Å²) in [5, 5.41) is 12.2. The number of carboxylic acid groups (broad SMARTS) is 1. The molecule has 0 aliphatic heterocycles. The van der Waals surface area contributed by atoms with E-state index in [9.17, 15) is 14.7 Å². The van der Waals surface area contributed by atoms with Gasteiger partial charge in [-0.05, 0) is 43.7 Å². The van der Waals surface area contributed by atoms with Crippen molar-refractivity contribution in [2.75, 3.05) is 6.54 Å². The quantitative estimate of drug-likeness (QED) is 0.778. The summed E-state index contributed by atoms with van der Waals surface area (Å²) < 4.78 is 0. The SMILES string of the molecule is CC1CCC(CNC(=O)c2ccc[nH]2)(C(=O)O)CC1. The van der Waals surface area contributed by atoms with Gasteiger partial charge in [-0.15, -0.1) is 0 Å². The minimum atomic E-state index is -0.800. The summed E-state index contributed by atoms with van der Waals surface area (Å²) in [6, 6.07) is 3.41. The molecule has 1 amide bonds. The van der Waals surface area contributed by atoms with Crippen LogP contribution in [0.2, 0.25) is 0 Å². The van der Waals surface area contributed by atoms with Crippen LogP contribution >= 0.6 is 0 Å². The van der Waals surface area contributed by atoms with Crippen LogP contribution < -0.4 is 5.32 Å². The lowest BCUT2D eigenvalue weighted by Crippen LogP contribution is -2.45. The second kappa shape index (κ2) is 5.47. The molecule has 0 radical (unpaired) electrons. The number of carboxylic acids is 1. The number of aromatic nitrogens is 1. The van der Waals surface area contributed by atoms with E-state index in [1.807, 2.05) is 0 Å². The van der Waals surface area contributed by atoms with E-state index < -0.39 is 11.4 Å². The van der Waals surface area contributed by atoms with Gasteiger partial charge in [-0.1, -0.05) is 6.92 Å². The Balaban J connectivity index is 1.98. The minimum absolute atomic E-state index is 0.201. The standard InChI is InChI=1S/C14H20N2O3/c1-10-4-6-14(7-5-10,13(18)19)9-16-12(17)11-3-2-8-15-11/h2-3,8,10,15H,4-7,9H2,1H3,(H,16,17)(H,18,19). The predicted molar refractivity (Wildman–Crippen MR) is 70.8 cm³/mol. The monoisotopic (exact) mass is 264 g/mol. The number of carbonyl (C=O) groups is 2. The molecule has 0 saturated heterocycles. The molecule has 1 aliphatic carbocycles. The van der Waals surface area contributed by atoms with Crippen molar-refractivity contribution in [3.8, 4) is 0 Å². The van der Waals surface area contributed by atoms with E-state index in [4.69, 9.17) is 0 Å². The maximum Gasteiger partial charge on any atom is 0.311 e. The third-order valence-corrected chi connectivity index (χ3v) is 4.11. The Morgan fingerprint density at radius 2 is 2.16 bits per heavy atom. The molecule has 0 unspecified atom stereocenters. The first kappa shape index (κ1) is 13.6.